The maximum absolute atomic E-state index is 12.2. The summed E-state index contributed by atoms with van der Waals surface area (Å²) in [6.07, 6.45) is 9.80. The first-order valence-electron chi connectivity index (χ1n) is 8.56. The Morgan fingerprint density at radius 3 is 2.61 bits per heavy atom. The van der Waals surface area contributed by atoms with Crippen LogP contribution in [0.1, 0.15) is 32.6 Å². The van der Waals surface area contributed by atoms with Crippen LogP contribution >= 0.6 is 0 Å². The standard InChI is InChI=1S/C17H28N4O2/c1-3-7-18-17(23)21-10-8-20(9-11-21)13-16(22)19-15-6-4-5-14(2)12-15/h1,14-15H,4-13H2,2H3,(H,18,23)(H,19,22)/t14-,15+/m1/s1. The maximum Gasteiger partial charge on any atom is 0.318 e. The van der Waals surface area contributed by atoms with Crippen molar-refractivity contribution in [2.45, 2.75) is 38.6 Å². The van der Waals surface area contributed by atoms with Crippen LogP contribution in [0.2, 0.25) is 0 Å². The fourth-order valence-electron chi connectivity index (χ4n) is 3.39. The predicted octanol–water partition coefficient (Wildman–Crippen LogP) is 0.642. The summed E-state index contributed by atoms with van der Waals surface area (Å²) in [5.74, 6) is 3.21. The third-order valence-electron chi connectivity index (χ3n) is 4.67. The van der Waals surface area contributed by atoms with Gasteiger partial charge in [-0.25, -0.2) is 4.79 Å². The van der Waals surface area contributed by atoms with Gasteiger partial charge < -0.3 is 15.5 Å². The number of nitrogens with one attached hydrogen (secondary N) is 2. The number of carbonyl (C=O) groups excluding carboxylic acids is 2. The number of amides is 3. The summed E-state index contributed by atoms with van der Waals surface area (Å²) in [7, 11) is 0. The highest BCUT2D eigenvalue weighted by Gasteiger charge is 2.24. The Morgan fingerprint density at radius 2 is 1.96 bits per heavy atom. The van der Waals surface area contributed by atoms with Gasteiger partial charge in [0.25, 0.3) is 0 Å². The summed E-state index contributed by atoms with van der Waals surface area (Å²) in [6.45, 7) is 5.62. The highest BCUT2D eigenvalue weighted by molar-refractivity contribution is 5.78. The Hall–Kier alpha value is -1.74. The van der Waals surface area contributed by atoms with Gasteiger partial charge >= 0.3 is 6.03 Å². The summed E-state index contributed by atoms with van der Waals surface area (Å²) in [6, 6.07) is 0.213. The summed E-state index contributed by atoms with van der Waals surface area (Å²) < 4.78 is 0. The quantitative estimate of drug-likeness (QED) is 0.747. The van der Waals surface area contributed by atoms with E-state index in [0.29, 0.717) is 31.6 Å². The molecule has 3 amide bonds. The molecule has 1 aliphatic heterocycles. The topological polar surface area (TPSA) is 64.7 Å². The Morgan fingerprint density at radius 1 is 1.22 bits per heavy atom. The van der Waals surface area contributed by atoms with Gasteiger partial charge in [-0.15, -0.1) is 6.42 Å². The summed E-state index contributed by atoms with van der Waals surface area (Å²) >= 11 is 0. The molecule has 0 bridgehead atoms. The minimum absolute atomic E-state index is 0.106. The van der Waals surface area contributed by atoms with Crippen LogP contribution < -0.4 is 10.6 Å². The first-order valence-corrected chi connectivity index (χ1v) is 8.56. The first-order chi connectivity index (χ1) is 11.1. The van der Waals surface area contributed by atoms with Crippen LogP contribution in [0.15, 0.2) is 0 Å². The Labute approximate surface area is 139 Å². The van der Waals surface area contributed by atoms with E-state index in [4.69, 9.17) is 6.42 Å². The van der Waals surface area contributed by atoms with E-state index in [0.717, 1.165) is 25.9 Å². The fourth-order valence-corrected chi connectivity index (χ4v) is 3.39. The van der Waals surface area contributed by atoms with Gasteiger partial charge in [-0.2, -0.15) is 0 Å². The average molecular weight is 320 g/mol. The molecule has 0 unspecified atom stereocenters. The Bertz CT molecular complexity index is 452. The van der Waals surface area contributed by atoms with Crippen LogP contribution in [-0.4, -0.2) is 67.0 Å². The van der Waals surface area contributed by atoms with E-state index in [1.807, 2.05) is 0 Å². The summed E-state index contributed by atoms with van der Waals surface area (Å²) in [5.41, 5.74) is 0. The third kappa shape index (κ3) is 5.76. The number of carbonyl (C=O) groups is 2. The molecule has 2 atom stereocenters. The van der Waals surface area contributed by atoms with E-state index in [1.54, 1.807) is 4.90 Å². The van der Waals surface area contributed by atoms with Crippen molar-refractivity contribution < 1.29 is 9.59 Å². The van der Waals surface area contributed by atoms with E-state index in [2.05, 4.69) is 28.4 Å². The molecule has 1 saturated carbocycles. The summed E-state index contributed by atoms with van der Waals surface area (Å²) in [5, 5.41) is 5.83. The van der Waals surface area contributed by atoms with E-state index < -0.39 is 0 Å². The lowest BCUT2D eigenvalue weighted by atomic mass is 9.87. The molecule has 0 radical (unpaired) electrons. The molecule has 6 heteroatoms. The number of terminal acetylenes is 1. The molecule has 0 aromatic heterocycles. The lowest BCUT2D eigenvalue weighted by Crippen LogP contribution is -2.54. The van der Waals surface area contributed by atoms with Crippen molar-refractivity contribution in [1.82, 2.24) is 20.4 Å². The lowest BCUT2D eigenvalue weighted by molar-refractivity contribution is -0.123. The van der Waals surface area contributed by atoms with Crippen molar-refractivity contribution in [3.8, 4) is 12.3 Å². The minimum atomic E-state index is -0.122. The van der Waals surface area contributed by atoms with Crippen molar-refractivity contribution in [2.75, 3.05) is 39.3 Å². The second-order valence-corrected chi connectivity index (χ2v) is 6.66. The van der Waals surface area contributed by atoms with Gasteiger partial charge in [0, 0.05) is 32.2 Å². The van der Waals surface area contributed by atoms with Crippen LogP contribution in [0.25, 0.3) is 0 Å². The second kappa shape index (κ2) is 8.78. The number of hydrogen-bond donors (Lipinski definition) is 2. The van der Waals surface area contributed by atoms with Gasteiger partial charge in [0.2, 0.25) is 5.91 Å². The second-order valence-electron chi connectivity index (χ2n) is 6.66. The van der Waals surface area contributed by atoms with Gasteiger partial charge in [0.1, 0.15) is 0 Å². The van der Waals surface area contributed by atoms with Gasteiger partial charge in [-0.1, -0.05) is 25.7 Å². The van der Waals surface area contributed by atoms with Crippen molar-refractivity contribution in [3.63, 3.8) is 0 Å². The zero-order valence-electron chi connectivity index (χ0n) is 14.0. The molecule has 1 saturated heterocycles. The van der Waals surface area contributed by atoms with Crippen LogP contribution in [0.5, 0.6) is 0 Å². The van der Waals surface area contributed by atoms with Gasteiger partial charge in [-0.05, 0) is 18.8 Å². The molecule has 1 aliphatic carbocycles. The van der Waals surface area contributed by atoms with Crippen LogP contribution in [0.3, 0.4) is 0 Å². The number of piperazine rings is 1. The number of nitrogens with zero attached hydrogens (tertiary/aromatic N) is 2. The zero-order chi connectivity index (χ0) is 16.7. The molecular weight excluding hydrogens is 292 g/mol. The maximum atomic E-state index is 12.2. The van der Waals surface area contributed by atoms with Crippen molar-refractivity contribution in [3.05, 3.63) is 0 Å². The SMILES string of the molecule is C#CCNC(=O)N1CCN(CC(=O)N[C@H]2CCC[C@@H](C)C2)CC1. The Balaban J connectivity index is 1.66. The van der Waals surface area contributed by atoms with Gasteiger partial charge in [-0.3, -0.25) is 9.69 Å². The fraction of sp³-hybridized carbons (Fsp3) is 0.765. The molecule has 1 heterocycles. The van der Waals surface area contributed by atoms with E-state index in [9.17, 15) is 9.59 Å². The largest absolute Gasteiger partial charge is 0.352 e. The highest BCUT2D eigenvalue weighted by Crippen LogP contribution is 2.23. The van der Waals surface area contributed by atoms with Crippen molar-refractivity contribution >= 4 is 11.9 Å². The summed E-state index contributed by atoms with van der Waals surface area (Å²) in [4.78, 5) is 27.8. The molecule has 0 aromatic rings. The molecule has 0 aromatic carbocycles. The molecule has 23 heavy (non-hydrogen) atoms. The van der Waals surface area contributed by atoms with Crippen molar-refractivity contribution in [2.24, 2.45) is 5.92 Å². The molecule has 2 rings (SSSR count). The first kappa shape index (κ1) is 17.6. The van der Waals surface area contributed by atoms with Gasteiger partial charge in [0.05, 0.1) is 13.1 Å². The highest BCUT2D eigenvalue weighted by atomic mass is 16.2. The smallest absolute Gasteiger partial charge is 0.318 e. The van der Waals surface area contributed by atoms with Gasteiger partial charge in [0.15, 0.2) is 0 Å². The average Bonchev–Trinajstić information content (AvgIpc) is 2.53. The van der Waals surface area contributed by atoms with Crippen LogP contribution in [0.4, 0.5) is 4.79 Å². The van der Waals surface area contributed by atoms with E-state index in [-0.39, 0.29) is 18.5 Å². The monoisotopic (exact) mass is 320 g/mol. The molecule has 2 fully saturated rings. The minimum Gasteiger partial charge on any atom is -0.352 e. The van der Waals surface area contributed by atoms with Crippen LogP contribution in [0, 0.1) is 18.3 Å². The number of rotatable bonds is 4. The lowest BCUT2D eigenvalue weighted by Gasteiger charge is -2.34. The molecule has 2 aliphatic rings. The molecule has 0 spiro atoms. The zero-order valence-corrected chi connectivity index (χ0v) is 14.0. The third-order valence-corrected chi connectivity index (χ3v) is 4.67. The van der Waals surface area contributed by atoms with Crippen molar-refractivity contribution in [1.29, 1.82) is 0 Å². The molecule has 2 N–H and O–H groups in total. The van der Waals surface area contributed by atoms with Crippen LogP contribution in [-0.2, 0) is 4.79 Å². The molecule has 128 valence electrons. The number of hydrogen-bond acceptors (Lipinski definition) is 3. The normalized spacial score (nSPS) is 25.5. The predicted molar refractivity (Wildman–Crippen MR) is 89.8 cm³/mol. The Kier molecular flexibility index (Phi) is 6.72. The van der Waals surface area contributed by atoms with E-state index >= 15 is 0 Å². The molecule has 6 nitrogen and oxygen atoms in total. The van der Waals surface area contributed by atoms with E-state index in [1.165, 1.54) is 12.8 Å². The number of urea groups is 1. The molecular formula is C17H28N4O2.